The SMILES string of the molecule is Cc1ccc(Cn2nc(/C=C/CCC/C=C/c3nn(Cc4ccc(C)cc4)c4c3CCOc3cc(S(=O)(=O)O)sc3-4)c3c2-c2sc(S(=O)(=O)O)cc2OCC3)cc1. The molecule has 2 N–H and O–H groups in total. The molecule has 8 rings (SSSR count). The summed E-state index contributed by atoms with van der Waals surface area (Å²) in [6, 6.07) is 19.2. The number of nitrogens with zero attached hydrogens (tertiary/aromatic N) is 4. The van der Waals surface area contributed by atoms with E-state index in [1.54, 1.807) is 0 Å². The molecule has 6 heterocycles. The Bertz CT molecular complexity index is 2550. The lowest BCUT2D eigenvalue weighted by molar-refractivity contribution is 0.326. The summed E-state index contributed by atoms with van der Waals surface area (Å²) in [5.41, 5.74) is 9.49. The normalized spacial score (nSPS) is 14.1. The highest BCUT2D eigenvalue weighted by Gasteiger charge is 2.30. The van der Waals surface area contributed by atoms with Crippen molar-refractivity contribution in [2.24, 2.45) is 0 Å². The van der Waals surface area contributed by atoms with E-state index in [-0.39, 0.29) is 8.42 Å². The molecule has 0 fully saturated rings. The predicted molar refractivity (Wildman–Crippen MR) is 222 cm³/mol. The van der Waals surface area contributed by atoms with Crippen LogP contribution in [0, 0.1) is 13.8 Å². The van der Waals surface area contributed by atoms with Gasteiger partial charge in [-0.1, -0.05) is 71.8 Å². The van der Waals surface area contributed by atoms with Crippen LogP contribution in [0.4, 0.5) is 0 Å². The minimum Gasteiger partial charge on any atom is -0.492 e. The zero-order valence-corrected chi connectivity index (χ0v) is 34.5. The Kier molecular flexibility index (Phi) is 10.8. The molecule has 57 heavy (non-hydrogen) atoms. The zero-order valence-electron chi connectivity index (χ0n) is 31.2. The van der Waals surface area contributed by atoms with Crippen molar-refractivity contribution in [3.05, 3.63) is 118 Å². The fourth-order valence-corrected chi connectivity index (χ4v) is 10.7. The topological polar surface area (TPSA) is 163 Å². The van der Waals surface area contributed by atoms with Gasteiger partial charge in [-0.05, 0) is 56.4 Å². The smallest absolute Gasteiger partial charge is 0.304 e. The first kappa shape index (κ1) is 39.0. The van der Waals surface area contributed by atoms with Crippen LogP contribution in [-0.2, 0) is 46.2 Å². The lowest BCUT2D eigenvalue weighted by atomic mass is 10.1. The molecule has 4 aromatic heterocycles. The molecule has 0 amide bonds. The van der Waals surface area contributed by atoms with Gasteiger partial charge in [-0.15, -0.1) is 22.7 Å². The third-order valence-corrected chi connectivity index (χ3v) is 14.7. The van der Waals surface area contributed by atoms with Crippen molar-refractivity contribution >= 4 is 55.1 Å². The van der Waals surface area contributed by atoms with Gasteiger partial charge in [-0.2, -0.15) is 27.0 Å². The average molecular weight is 845 g/mol. The Hall–Kier alpha value is -4.84. The predicted octanol–water partition coefficient (Wildman–Crippen LogP) is 8.51. The van der Waals surface area contributed by atoms with Gasteiger partial charge >= 0.3 is 20.2 Å². The van der Waals surface area contributed by atoms with Crippen molar-refractivity contribution < 1.29 is 35.4 Å². The van der Waals surface area contributed by atoms with E-state index < -0.39 is 20.2 Å². The maximum atomic E-state index is 12.1. The second-order valence-electron chi connectivity index (χ2n) is 14.1. The summed E-state index contributed by atoms with van der Waals surface area (Å²) in [6.45, 7) is 5.71. The van der Waals surface area contributed by atoms with Crippen LogP contribution >= 0.6 is 22.7 Å². The van der Waals surface area contributed by atoms with Crippen molar-refractivity contribution in [2.45, 2.75) is 67.5 Å². The number of ether oxygens (including phenoxy) is 2. The number of thiophene rings is 2. The van der Waals surface area contributed by atoms with E-state index in [4.69, 9.17) is 19.7 Å². The van der Waals surface area contributed by atoms with Crippen molar-refractivity contribution in [3.63, 3.8) is 0 Å². The quantitative estimate of drug-likeness (QED) is 0.0902. The van der Waals surface area contributed by atoms with Crippen molar-refractivity contribution in [3.8, 4) is 32.6 Å². The third kappa shape index (κ3) is 8.42. The summed E-state index contributed by atoms with van der Waals surface area (Å²) >= 11 is 1.96. The first-order valence-corrected chi connectivity index (χ1v) is 23.0. The van der Waals surface area contributed by atoms with E-state index in [2.05, 4.69) is 36.4 Å². The van der Waals surface area contributed by atoms with Crippen molar-refractivity contribution in [2.75, 3.05) is 13.2 Å². The van der Waals surface area contributed by atoms with Crippen LogP contribution in [0.5, 0.6) is 11.5 Å². The van der Waals surface area contributed by atoms with Crippen LogP contribution in [-0.4, -0.2) is 58.7 Å². The Balaban J connectivity index is 1.02. The summed E-state index contributed by atoms with van der Waals surface area (Å²) in [5, 5.41) is 10.00. The molecule has 16 heteroatoms. The highest BCUT2D eigenvalue weighted by Crippen LogP contribution is 2.46. The third-order valence-electron chi connectivity index (χ3n) is 9.87. The van der Waals surface area contributed by atoms with Crippen LogP contribution in [0.15, 0.2) is 81.2 Å². The fourth-order valence-electron chi connectivity index (χ4n) is 7.04. The molecule has 2 aliphatic rings. The number of aryl methyl sites for hydroxylation is 2. The van der Waals surface area contributed by atoms with Gasteiger partial charge in [0.25, 0.3) is 0 Å². The largest absolute Gasteiger partial charge is 0.492 e. The summed E-state index contributed by atoms with van der Waals surface area (Å²) in [5.74, 6) is 0.837. The first-order chi connectivity index (χ1) is 27.3. The van der Waals surface area contributed by atoms with Gasteiger partial charge in [0.1, 0.15) is 11.5 Å². The van der Waals surface area contributed by atoms with E-state index in [1.807, 2.05) is 59.6 Å². The second kappa shape index (κ2) is 15.8. The Labute approximate surface area is 339 Å². The number of allylic oxidation sites excluding steroid dienone is 2. The minimum atomic E-state index is -4.41. The van der Waals surface area contributed by atoms with Gasteiger partial charge in [-0.25, -0.2) is 0 Å². The number of aromatic nitrogens is 4. The monoisotopic (exact) mass is 844 g/mol. The maximum absolute atomic E-state index is 12.1. The molecule has 296 valence electrons. The highest BCUT2D eigenvalue weighted by atomic mass is 32.3. The van der Waals surface area contributed by atoms with Crippen LogP contribution < -0.4 is 9.47 Å². The van der Waals surface area contributed by atoms with Gasteiger partial charge in [0.05, 0.1) is 58.8 Å². The van der Waals surface area contributed by atoms with Crippen molar-refractivity contribution in [1.82, 2.24) is 19.6 Å². The van der Waals surface area contributed by atoms with Crippen LogP contribution in [0.3, 0.4) is 0 Å². The summed E-state index contributed by atoms with van der Waals surface area (Å²) in [4.78, 5) is 1.25. The highest BCUT2D eigenvalue weighted by molar-refractivity contribution is 7.88. The van der Waals surface area contributed by atoms with E-state index in [0.29, 0.717) is 60.4 Å². The summed E-state index contributed by atoms with van der Waals surface area (Å²) < 4.78 is 83.2. The Morgan fingerprint density at radius 3 is 1.46 bits per heavy atom. The number of benzene rings is 2. The number of unbranched alkanes of at least 4 members (excludes halogenated alkanes) is 2. The van der Waals surface area contributed by atoms with Crippen LogP contribution in [0.2, 0.25) is 0 Å². The number of fused-ring (bicyclic) bond motifs is 6. The van der Waals surface area contributed by atoms with Crippen LogP contribution in [0.25, 0.3) is 33.3 Å². The molecule has 2 aliphatic heterocycles. The van der Waals surface area contributed by atoms with Gasteiger partial charge in [0.15, 0.2) is 8.42 Å². The van der Waals surface area contributed by atoms with E-state index in [1.165, 1.54) is 12.1 Å². The Morgan fingerprint density at radius 1 is 0.667 bits per heavy atom. The van der Waals surface area contributed by atoms with Crippen LogP contribution in [0.1, 0.15) is 64.0 Å². The average Bonchev–Trinajstić information content (AvgIpc) is 3.89. The second-order valence-corrected chi connectivity index (χ2v) is 19.5. The standard InChI is InChI=1S/C41H40N4O8S4/c1-26-10-14-28(15-11-26)24-44-38-30(18-20-52-34-22-36(54-40(34)38)56(46,47)48)32(42-44)8-6-4-3-5-7-9-33-31-19-21-53-35-23-37(57(49,50)51)55-41(35)39(31)45(43-33)25-29-16-12-27(2)13-17-29/h6-17,22-23H,3-5,18-21,24-25H2,1-2H3,(H,46,47,48)(H,49,50,51)/b8-6+,9-7+. The van der Waals surface area contributed by atoms with Crippen molar-refractivity contribution in [1.29, 1.82) is 0 Å². The molecule has 2 aromatic carbocycles. The van der Waals surface area contributed by atoms with E-state index in [9.17, 15) is 25.9 Å². The molecule has 0 aliphatic carbocycles. The number of hydrogen-bond acceptors (Lipinski definition) is 10. The Morgan fingerprint density at radius 2 is 1.07 bits per heavy atom. The van der Waals surface area contributed by atoms with E-state index >= 15 is 0 Å². The molecular formula is C41H40N4O8S4. The van der Waals surface area contributed by atoms with Gasteiger partial charge in [0.2, 0.25) is 0 Å². The first-order valence-electron chi connectivity index (χ1n) is 18.4. The van der Waals surface area contributed by atoms with E-state index in [0.717, 1.165) is 98.1 Å². The zero-order chi connectivity index (χ0) is 39.9. The molecule has 0 radical (unpaired) electrons. The fraction of sp³-hybridized carbons (Fsp3) is 0.268. The lowest BCUT2D eigenvalue weighted by Gasteiger charge is -2.08. The summed E-state index contributed by atoms with van der Waals surface area (Å²) in [7, 11) is -8.82. The molecule has 0 spiro atoms. The lowest BCUT2D eigenvalue weighted by Crippen LogP contribution is -2.04. The molecule has 0 bridgehead atoms. The van der Waals surface area contributed by atoms with Gasteiger partial charge < -0.3 is 9.47 Å². The van der Waals surface area contributed by atoms with Gasteiger partial charge in [0, 0.05) is 36.1 Å². The molecule has 0 saturated heterocycles. The molecule has 12 nitrogen and oxygen atoms in total. The molecule has 6 aromatic rings. The minimum absolute atomic E-state index is 0.168. The molecule has 0 saturated carbocycles. The van der Waals surface area contributed by atoms with Gasteiger partial charge in [-0.3, -0.25) is 18.5 Å². The molecular weight excluding hydrogens is 805 g/mol. The number of hydrogen-bond donors (Lipinski definition) is 2. The maximum Gasteiger partial charge on any atom is 0.304 e. The number of rotatable bonds is 12. The molecule has 0 atom stereocenters. The summed E-state index contributed by atoms with van der Waals surface area (Å²) in [6.07, 6.45) is 11.8. The molecule has 0 unspecified atom stereocenters.